The van der Waals surface area contributed by atoms with Crippen molar-refractivity contribution in [3.8, 4) is 16.9 Å². The van der Waals surface area contributed by atoms with Crippen molar-refractivity contribution in [1.82, 2.24) is 15.2 Å². The van der Waals surface area contributed by atoms with Gasteiger partial charge in [0.15, 0.2) is 5.69 Å². The Morgan fingerprint density at radius 3 is 2.41 bits per heavy atom. The molecule has 5 nitrogen and oxygen atoms in total. The molecule has 170 valence electrons. The fraction of sp³-hybridized carbons (Fsp3) is 0.0385. The third-order valence-corrected chi connectivity index (χ3v) is 6.01. The lowest BCUT2D eigenvalue weighted by Gasteiger charge is -2.10. The van der Waals surface area contributed by atoms with Gasteiger partial charge in [-0.15, -0.1) is 0 Å². The van der Waals surface area contributed by atoms with Crippen molar-refractivity contribution in [1.29, 1.82) is 0 Å². The van der Waals surface area contributed by atoms with Crippen LogP contribution in [-0.4, -0.2) is 21.9 Å². The summed E-state index contributed by atoms with van der Waals surface area (Å²) in [5.41, 5.74) is 6.72. The molecule has 4 rings (SSSR count). The van der Waals surface area contributed by atoms with Gasteiger partial charge in [-0.1, -0.05) is 83.3 Å². The van der Waals surface area contributed by atoms with Gasteiger partial charge in [-0.25, -0.2) is 10.1 Å². The molecule has 0 radical (unpaired) electrons. The summed E-state index contributed by atoms with van der Waals surface area (Å²) in [7, 11) is 0. The number of carbonyl (C=O) groups is 1. The Morgan fingerprint density at radius 2 is 1.71 bits per heavy atom. The lowest BCUT2D eigenvalue weighted by Crippen LogP contribution is -2.19. The number of hydrazone groups is 1. The molecule has 0 saturated heterocycles. The van der Waals surface area contributed by atoms with Gasteiger partial charge in [-0.05, 0) is 48.9 Å². The van der Waals surface area contributed by atoms with E-state index in [1.165, 1.54) is 6.21 Å². The maximum atomic E-state index is 12.9. The molecular weight excluding hydrogens is 491 g/mol. The van der Waals surface area contributed by atoms with Gasteiger partial charge in [0.05, 0.1) is 21.4 Å². The lowest BCUT2D eigenvalue weighted by molar-refractivity contribution is 0.0949. The van der Waals surface area contributed by atoms with Gasteiger partial charge < -0.3 is 0 Å². The van der Waals surface area contributed by atoms with E-state index in [0.29, 0.717) is 26.3 Å². The molecule has 4 aromatic rings. The summed E-state index contributed by atoms with van der Waals surface area (Å²) < 4.78 is 1.66. The third kappa shape index (κ3) is 5.39. The van der Waals surface area contributed by atoms with Crippen molar-refractivity contribution in [2.24, 2.45) is 5.10 Å². The highest BCUT2D eigenvalue weighted by molar-refractivity contribution is 6.42. The number of carbonyl (C=O) groups excluding carboxylic acids is 1. The van der Waals surface area contributed by atoms with Crippen LogP contribution in [0.25, 0.3) is 23.0 Å². The molecule has 0 bridgehead atoms. The molecule has 0 atom stereocenters. The molecule has 0 saturated carbocycles. The highest BCUT2D eigenvalue weighted by Crippen LogP contribution is 2.32. The standard InChI is InChI=1S/C26H19Cl3N4O/c1-17-24(26(34)31-30-15-5-8-18-6-3-2-4-7-18)32-33(21-13-14-22(28)23(29)16-21)25(17)19-9-11-20(27)12-10-19/h2-16H,1H3,(H,31,34)/b8-5+,30-15+. The average molecular weight is 510 g/mol. The number of halogens is 3. The first-order valence-corrected chi connectivity index (χ1v) is 11.4. The van der Waals surface area contributed by atoms with Crippen LogP contribution in [0.5, 0.6) is 0 Å². The second kappa shape index (κ2) is 10.7. The minimum absolute atomic E-state index is 0.236. The highest BCUT2D eigenvalue weighted by Gasteiger charge is 2.22. The first-order valence-electron chi connectivity index (χ1n) is 10.3. The van der Waals surface area contributed by atoms with E-state index >= 15 is 0 Å². The topological polar surface area (TPSA) is 59.3 Å². The Morgan fingerprint density at radius 1 is 0.971 bits per heavy atom. The van der Waals surface area contributed by atoms with E-state index in [1.54, 1.807) is 41.1 Å². The number of benzene rings is 3. The third-order valence-electron chi connectivity index (χ3n) is 5.02. The van der Waals surface area contributed by atoms with Gasteiger partial charge in [0.2, 0.25) is 0 Å². The zero-order chi connectivity index (χ0) is 24.1. The minimum Gasteiger partial charge on any atom is -0.265 e. The van der Waals surface area contributed by atoms with Crippen LogP contribution in [0.15, 0.2) is 84.0 Å². The molecule has 1 aromatic heterocycles. The zero-order valence-electron chi connectivity index (χ0n) is 18.0. The number of nitrogens with zero attached hydrogens (tertiary/aromatic N) is 3. The average Bonchev–Trinajstić information content (AvgIpc) is 3.19. The second-order valence-corrected chi connectivity index (χ2v) is 8.58. The summed E-state index contributed by atoms with van der Waals surface area (Å²) in [6.07, 6.45) is 5.14. The predicted octanol–water partition coefficient (Wildman–Crippen LogP) is 7.24. The SMILES string of the molecule is Cc1c(C(=O)N/N=C/C=C/c2ccccc2)nn(-c2ccc(Cl)c(Cl)c2)c1-c1ccc(Cl)cc1. The van der Waals surface area contributed by atoms with Crippen LogP contribution in [0, 0.1) is 6.92 Å². The van der Waals surface area contributed by atoms with E-state index in [1.807, 2.05) is 55.5 Å². The summed E-state index contributed by atoms with van der Waals surface area (Å²) in [5, 5.41) is 10.0. The summed E-state index contributed by atoms with van der Waals surface area (Å²) in [6.45, 7) is 1.83. The summed E-state index contributed by atoms with van der Waals surface area (Å²) in [4.78, 5) is 12.9. The fourth-order valence-corrected chi connectivity index (χ4v) is 3.79. The molecule has 8 heteroatoms. The maximum Gasteiger partial charge on any atom is 0.292 e. The van der Waals surface area contributed by atoms with Crippen LogP contribution < -0.4 is 5.43 Å². The van der Waals surface area contributed by atoms with Crippen molar-refractivity contribution in [2.75, 3.05) is 0 Å². The van der Waals surface area contributed by atoms with Gasteiger partial charge in [0, 0.05) is 22.4 Å². The quantitative estimate of drug-likeness (QED) is 0.220. The summed E-state index contributed by atoms with van der Waals surface area (Å²) >= 11 is 18.4. The zero-order valence-corrected chi connectivity index (χ0v) is 20.3. The van der Waals surface area contributed by atoms with Crippen LogP contribution in [0.4, 0.5) is 0 Å². The van der Waals surface area contributed by atoms with Gasteiger partial charge in [-0.3, -0.25) is 4.79 Å². The molecule has 0 unspecified atom stereocenters. The van der Waals surface area contributed by atoms with Crippen LogP contribution in [0.2, 0.25) is 15.1 Å². The van der Waals surface area contributed by atoms with E-state index in [-0.39, 0.29) is 5.69 Å². The molecule has 0 aliphatic carbocycles. The summed E-state index contributed by atoms with van der Waals surface area (Å²) in [5.74, 6) is -0.434. The number of hydrogen-bond donors (Lipinski definition) is 1. The molecule has 3 aromatic carbocycles. The largest absolute Gasteiger partial charge is 0.292 e. The Bertz CT molecular complexity index is 1380. The predicted molar refractivity (Wildman–Crippen MR) is 140 cm³/mol. The second-order valence-electron chi connectivity index (χ2n) is 7.33. The van der Waals surface area contributed by atoms with Gasteiger partial charge in [0.25, 0.3) is 5.91 Å². The van der Waals surface area contributed by atoms with Crippen molar-refractivity contribution >= 4 is 53.0 Å². The Kier molecular flexibility index (Phi) is 7.48. The van der Waals surface area contributed by atoms with E-state index in [0.717, 1.165) is 16.8 Å². The lowest BCUT2D eigenvalue weighted by atomic mass is 10.1. The number of amides is 1. The van der Waals surface area contributed by atoms with Crippen LogP contribution in [0.1, 0.15) is 21.6 Å². The first kappa shape index (κ1) is 23.8. The van der Waals surface area contributed by atoms with Crippen molar-refractivity contribution in [3.05, 3.63) is 111 Å². The van der Waals surface area contributed by atoms with Crippen LogP contribution in [-0.2, 0) is 0 Å². The number of rotatable bonds is 6. The Labute approximate surface area is 212 Å². The molecular formula is C26H19Cl3N4O. The van der Waals surface area contributed by atoms with Gasteiger partial charge in [-0.2, -0.15) is 10.2 Å². The van der Waals surface area contributed by atoms with Gasteiger partial charge >= 0.3 is 0 Å². The van der Waals surface area contributed by atoms with E-state index < -0.39 is 5.91 Å². The molecule has 0 aliphatic heterocycles. The van der Waals surface area contributed by atoms with Crippen LogP contribution >= 0.6 is 34.8 Å². The molecule has 0 aliphatic rings. The molecule has 34 heavy (non-hydrogen) atoms. The fourth-order valence-electron chi connectivity index (χ4n) is 3.37. The molecule has 1 heterocycles. The molecule has 0 spiro atoms. The van der Waals surface area contributed by atoms with Crippen molar-refractivity contribution < 1.29 is 4.79 Å². The van der Waals surface area contributed by atoms with E-state index in [9.17, 15) is 4.79 Å². The van der Waals surface area contributed by atoms with E-state index in [2.05, 4.69) is 15.6 Å². The monoisotopic (exact) mass is 508 g/mol. The number of hydrogen-bond acceptors (Lipinski definition) is 3. The first-order chi connectivity index (χ1) is 16.4. The molecule has 1 amide bonds. The molecule has 0 fully saturated rings. The Hall–Kier alpha value is -3.38. The van der Waals surface area contributed by atoms with Crippen LogP contribution in [0.3, 0.4) is 0 Å². The van der Waals surface area contributed by atoms with Crippen molar-refractivity contribution in [2.45, 2.75) is 6.92 Å². The minimum atomic E-state index is -0.434. The van der Waals surface area contributed by atoms with E-state index in [4.69, 9.17) is 34.8 Å². The number of nitrogens with one attached hydrogen (secondary N) is 1. The Balaban J connectivity index is 1.65. The smallest absolute Gasteiger partial charge is 0.265 e. The van der Waals surface area contributed by atoms with Gasteiger partial charge in [0.1, 0.15) is 0 Å². The molecule has 1 N–H and O–H groups in total. The summed E-state index contributed by atoms with van der Waals surface area (Å²) in [6, 6.07) is 22.3. The highest BCUT2D eigenvalue weighted by atomic mass is 35.5. The number of allylic oxidation sites excluding steroid dienone is 1. The van der Waals surface area contributed by atoms with Crippen molar-refractivity contribution in [3.63, 3.8) is 0 Å². The number of aromatic nitrogens is 2. The normalized spacial score (nSPS) is 11.4. The maximum absolute atomic E-state index is 12.9.